The van der Waals surface area contributed by atoms with Gasteiger partial charge in [-0.15, -0.1) is 0 Å². The third kappa shape index (κ3) is 5.03. The molecule has 0 N–H and O–H groups in total. The molecule has 0 spiro atoms. The third-order valence-corrected chi connectivity index (χ3v) is 3.69. The molecular weight excluding hydrogens is 257 g/mol. The Hall–Kier alpha value is -0.0100. The van der Waals surface area contributed by atoms with E-state index in [2.05, 4.69) is 0 Å². The van der Waals surface area contributed by atoms with Crippen molar-refractivity contribution >= 4 is 19.7 Å². The largest absolute Gasteiger partial charge is 0.406 e. The van der Waals surface area contributed by atoms with Crippen molar-refractivity contribution in [3.05, 3.63) is 0 Å². The Bertz CT molecular complexity index is 310. The van der Waals surface area contributed by atoms with Gasteiger partial charge in [-0.25, -0.2) is 8.42 Å². The predicted octanol–water partition coefficient (Wildman–Crippen LogP) is 2.30. The molecule has 1 unspecified atom stereocenters. The zero-order valence-electron chi connectivity index (χ0n) is 8.43. The summed E-state index contributed by atoms with van der Waals surface area (Å²) in [4.78, 5) is 0. The van der Waals surface area contributed by atoms with Gasteiger partial charge in [0, 0.05) is 24.2 Å². The Balaban J connectivity index is 5.02. The molecule has 0 aliphatic carbocycles. The third-order valence-electron chi connectivity index (χ3n) is 1.93. The number of rotatable bonds is 4. The van der Waals surface area contributed by atoms with Gasteiger partial charge in [-0.05, 0) is 13.8 Å². The van der Waals surface area contributed by atoms with Crippen LogP contribution in [-0.2, 0) is 13.8 Å². The number of halogens is 4. The van der Waals surface area contributed by atoms with Crippen LogP contribution in [0.5, 0.6) is 0 Å². The Morgan fingerprint density at radius 2 is 1.73 bits per heavy atom. The normalized spacial score (nSPS) is 16.5. The van der Waals surface area contributed by atoms with E-state index in [1.807, 2.05) is 0 Å². The molecule has 0 rings (SSSR count). The number of ether oxygens (including phenoxy) is 1. The first-order valence-electron chi connectivity index (χ1n) is 3.95. The summed E-state index contributed by atoms with van der Waals surface area (Å²) in [6, 6.07) is 0. The first kappa shape index (κ1) is 15.0. The molecule has 3 nitrogen and oxygen atoms in total. The van der Waals surface area contributed by atoms with Gasteiger partial charge >= 0.3 is 6.18 Å². The van der Waals surface area contributed by atoms with E-state index in [1.165, 1.54) is 21.0 Å². The molecule has 1 atom stereocenters. The van der Waals surface area contributed by atoms with Crippen LogP contribution in [0.15, 0.2) is 0 Å². The van der Waals surface area contributed by atoms with E-state index in [4.69, 9.17) is 15.4 Å². The fourth-order valence-corrected chi connectivity index (χ4v) is 2.32. The van der Waals surface area contributed by atoms with Gasteiger partial charge in [0.25, 0.3) is 0 Å². The molecule has 0 fully saturated rings. The van der Waals surface area contributed by atoms with Gasteiger partial charge < -0.3 is 4.74 Å². The molecule has 0 aromatic carbocycles. The van der Waals surface area contributed by atoms with Gasteiger partial charge in [0.05, 0.1) is 5.60 Å². The van der Waals surface area contributed by atoms with E-state index < -0.39 is 32.5 Å². The minimum Gasteiger partial charge on any atom is -0.379 e. The van der Waals surface area contributed by atoms with Gasteiger partial charge in [-0.2, -0.15) is 13.2 Å². The summed E-state index contributed by atoms with van der Waals surface area (Å²) in [5.74, 6) is 0. The number of alkyl halides is 3. The maximum atomic E-state index is 12.4. The molecule has 0 aromatic heterocycles. The van der Waals surface area contributed by atoms with Crippen LogP contribution in [0.3, 0.4) is 0 Å². The van der Waals surface area contributed by atoms with Gasteiger partial charge in [-0.1, -0.05) is 0 Å². The van der Waals surface area contributed by atoms with Crippen molar-refractivity contribution in [2.24, 2.45) is 0 Å². The Kier molecular flexibility index (Phi) is 4.46. The van der Waals surface area contributed by atoms with E-state index in [1.54, 1.807) is 0 Å². The highest BCUT2D eigenvalue weighted by molar-refractivity contribution is 8.14. The summed E-state index contributed by atoms with van der Waals surface area (Å²) < 4.78 is 63.3. The molecule has 0 heterocycles. The van der Waals surface area contributed by atoms with Crippen molar-refractivity contribution in [2.75, 3.05) is 7.11 Å². The summed E-state index contributed by atoms with van der Waals surface area (Å²) >= 11 is 0. The average Bonchev–Trinajstić information content (AvgIpc) is 1.96. The first-order chi connectivity index (χ1) is 6.40. The van der Waals surface area contributed by atoms with Crippen molar-refractivity contribution in [1.29, 1.82) is 0 Å². The van der Waals surface area contributed by atoms with E-state index >= 15 is 0 Å². The maximum Gasteiger partial charge on any atom is 0.406 e. The van der Waals surface area contributed by atoms with Crippen molar-refractivity contribution in [2.45, 2.75) is 37.3 Å². The van der Waals surface area contributed by atoms with E-state index in [-0.39, 0.29) is 0 Å². The van der Waals surface area contributed by atoms with Crippen molar-refractivity contribution < 1.29 is 26.3 Å². The van der Waals surface area contributed by atoms with Crippen molar-refractivity contribution in [1.82, 2.24) is 0 Å². The van der Waals surface area contributed by atoms with Gasteiger partial charge in [-0.3, -0.25) is 0 Å². The molecule has 15 heavy (non-hydrogen) atoms. The Morgan fingerprint density at radius 1 is 1.33 bits per heavy atom. The van der Waals surface area contributed by atoms with Crippen molar-refractivity contribution in [3.8, 4) is 0 Å². The second kappa shape index (κ2) is 4.47. The van der Waals surface area contributed by atoms with Gasteiger partial charge in [0.1, 0.15) is 0 Å². The first-order valence-corrected chi connectivity index (χ1v) is 6.33. The smallest absolute Gasteiger partial charge is 0.379 e. The fourth-order valence-electron chi connectivity index (χ4n) is 0.905. The number of hydrogen-bond acceptors (Lipinski definition) is 3. The SMILES string of the molecule is COC(C)(C)CC(C(F)(F)F)S(=O)(=O)Cl. The van der Waals surface area contributed by atoms with Crippen LogP contribution in [0, 0.1) is 0 Å². The lowest BCUT2D eigenvalue weighted by molar-refractivity contribution is -0.141. The van der Waals surface area contributed by atoms with E-state index in [0.717, 1.165) is 0 Å². The highest BCUT2D eigenvalue weighted by Gasteiger charge is 2.50. The average molecular weight is 269 g/mol. The minimum atomic E-state index is -4.89. The predicted molar refractivity (Wildman–Crippen MR) is 50.3 cm³/mol. The molecule has 0 saturated carbocycles. The highest BCUT2D eigenvalue weighted by atomic mass is 35.7. The molecular formula is C7H12ClF3O3S. The van der Waals surface area contributed by atoms with Crippen LogP contribution in [0.25, 0.3) is 0 Å². The van der Waals surface area contributed by atoms with Crippen LogP contribution in [-0.4, -0.2) is 32.6 Å². The van der Waals surface area contributed by atoms with Crippen LogP contribution in [0.2, 0.25) is 0 Å². The van der Waals surface area contributed by atoms with Crippen LogP contribution < -0.4 is 0 Å². The molecule has 0 amide bonds. The molecule has 0 aromatic rings. The summed E-state index contributed by atoms with van der Waals surface area (Å²) in [5, 5.41) is -2.61. The standard InChI is InChI=1S/C7H12ClF3O3S/c1-6(2,14-3)4-5(7(9,10)11)15(8,12)13/h5H,4H2,1-3H3. The Morgan fingerprint density at radius 3 is 1.93 bits per heavy atom. The molecule has 0 aliphatic rings. The summed E-state index contributed by atoms with van der Waals surface area (Å²) in [6.07, 6.45) is -5.63. The minimum absolute atomic E-state index is 0.737. The lowest BCUT2D eigenvalue weighted by Crippen LogP contribution is -2.41. The number of methoxy groups -OCH3 is 1. The molecule has 0 radical (unpaired) electrons. The van der Waals surface area contributed by atoms with Crippen LogP contribution >= 0.6 is 10.7 Å². The van der Waals surface area contributed by atoms with E-state index in [0.29, 0.717) is 0 Å². The fraction of sp³-hybridized carbons (Fsp3) is 1.00. The summed E-state index contributed by atoms with van der Waals surface area (Å²) in [5.41, 5.74) is -1.21. The molecule has 92 valence electrons. The second-order valence-corrected chi connectivity index (χ2v) is 6.48. The zero-order valence-corrected chi connectivity index (χ0v) is 10.0. The maximum absolute atomic E-state index is 12.4. The van der Waals surface area contributed by atoms with Gasteiger partial charge in [0.2, 0.25) is 9.05 Å². The van der Waals surface area contributed by atoms with Crippen LogP contribution in [0.1, 0.15) is 20.3 Å². The summed E-state index contributed by atoms with van der Waals surface area (Å²) in [6.45, 7) is 2.71. The second-order valence-electron chi connectivity index (χ2n) is 3.67. The zero-order chi connectivity index (χ0) is 12.5. The lowest BCUT2D eigenvalue weighted by atomic mass is 10.0. The van der Waals surface area contributed by atoms with Gasteiger partial charge in [0.15, 0.2) is 5.25 Å². The number of hydrogen-bond donors (Lipinski definition) is 0. The van der Waals surface area contributed by atoms with E-state index in [9.17, 15) is 21.6 Å². The molecule has 8 heteroatoms. The lowest BCUT2D eigenvalue weighted by Gasteiger charge is -2.27. The monoisotopic (exact) mass is 268 g/mol. The van der Waals surface area contributed by atoms with Crippen LogP contribution in [0.4, 0.5) is 13.2 Å². The topological polar surface area (TPSA) is 43.4 Å². The molecule has 0 saturated heterocycles. The molecule has 0 aliphatic heterocycles. The highest BCUT2D eigenvalue weighted by Crippen LogP contribution is 2.34. The quantitative estimate of drug-likeness (QED) is 0.735. The Labute approximate surface area is 91.0 Å². The summed E-state index contributed by atoms with van der Waals surface area (Å²) in [7, 11) is 1.25. The van der Waals surface area contributed by atoms with Crippen molar-refractivity contribution in [3.63, 3.8) is 0 Å². The molecule has 0 bridgehead atoms.